The molecule has 0 saturated carbocycles. The largest absolute Gasteiger partial charge is 0.391 e. The lowest BCUT2D eigenvalue weighted by Crippen LogP contribution is -2.35. The predicted molar refractivity (Wildman–Crippen MR) is 89.8 cm³/mol. The van der Waals surface area contributed by atoms with Gasteiger partial charge in [0, 0.05) is 44.1 Å². The highest BCUT2D eigenvalue weighted by Crippen LogP contribution is 2.22. The summed E-state index contributed by atoms with van der Waals surface area (Å²) in [6.45, 7) is 2.52. The molecule has 2 aromatic rings. The molecule has 126 valence electrons. The van der Waals surface area contributed by atoms with Crippen molar-refractivity contribution in [2.24, 2.45) is 13.0 Å². The summed E-state index contributed by atoms with van der Waals surface area (Å²) in [5.74, 6) is -0.350. The lowest BCUT2D eigenvalue weighted by molar-refractivity contribution is 0.0762. The average Bonchev–Trinajstić information content (AvgIpc) is 2.94. The maximum absolute atomic E-state index is 12.7. The molecule has 6 heteroatoms. The quantitative estimate of drug-likeness (QED) is 0.903. The number of aliphatic hydroxyl groups excluding tert-OH is 1. The van der Waals surface area contributed by atoms with Gasteiger partial charge in [0.2, 0.25) is 0 Å². The highest BCUT2D eigenvalue weighted by molar-refractivity contribution is 5.94. The Balaban J connectivity index is 1.76. The molecule has 0 radical (unpaired) electrons. The average molecular weight is 327 g/mol. The number of rotatable bonds is 3. The third kappa shape index (κ3) is 3.10. The zero-order valence-electron chi connectivity index (χ0n) is 13.8. The Morgan fingerprint density at radius 3 is 2.67 bits per heavy atom. The molecule has 0 aliphatic carbocycles. The zero-order chi connectivity index (χ0) is 17.3. The van der Waals surface area contributed by atoms with E-state index in [4.69, 9.17) is 0 Å². The van der Waals surface area contributed by atoms with Crippen LogP contribution in [0.1, 0.15) is 21.6 Å². The highest BCUT2D eigenvalue weighted by atomic mass is 16.3. The number of carbonyl (C=O) groups is 1. The first kappa shape index (κ1) is 16.4. The van der Waals surface area contributed by atoms with Crippen LogP contribution in [-0.2, 0) is 13.5 Å². The van der Waals surface area contributed by atoms with Crippen molar-refractivity contribution in [1.82, 2.24) is 14.5 Å². The summed E-state index contributed by atoms with van der Waals surface area (Å²) in [6, 6.07) is 7.15. The van der Waals surface area contributed by atoms with Gasteiger partial charge in [-0.2, -0.15) is 0 Å². The van der Waals surface area contributed by atoms with E-state index in [-0.39, 0.29) is 29.5 Å². The number of aliphatic hydroxyl groups is 1. The molecule has 1 saturated heterocycles. The van der Waals surface area contributed by atoms with Gasteiger partial charge in [-0.05, 0) is 43.2 Å². The second-order valence-corrected chi connectivity index (χ2v) is 6.35. The van der Waals surface area contributed by atoms with Gasteiger partial charge in [-0.3, -0.25) is 14.6 Å². The predicted octanol–water partition coefficient (Wildman–Crippen LogP) is 0.764. The lowest BCUT2D eigenvalue weighted by Gasteiger charge is -2.16. The van der Waals surface area contributed by atoms with Crippen molar-refractivity contribution < 1.29 is 9.90 Å². The summed E-state index contributed by atoms with van der Waals surface area (Å²) in [6.07, 6.45) is 3.53. The number of pyridine rings is 2. The van der Waals surface area contributed by atoms with E-state index >= 15 is 0 Å². The molecule has 2 atom stereocenters. The molecule has 3 heterocycles. The van der Waals surface area contributed by atoms with E-state index in [2.05, 4.69) is 4.98 Å². The van der Waals surface area contributed by atoms with Crippen LogP contribution in [0, 0.1) is 12.8 Å². The number of amides is 1. The Kier molecular flexibility index (Phi) is 4.49. The topological polar surface area (TPSA) is 75.4 Å². The van der Waals surface area contributed by atoms with Crippen molar-refractivity contribution in [2.45, 2.75) is 19.4 Å². The van der Waals surface area contributed by atoms with Crippen molar-refractivity contribution in [3.63, 3.8) is 0 Å². The summed E-state index contributed by atoms with van der Waals surface area (Å²) in [5, 5.41) is 10.3. The third-order valence-corrected chi connectivity index (χ3v) is 4.73. The van der Waals surface area contributed by atoms with Crippen molar-refractivity contribution in [3.8, 4) is 0 Å². The van der Waals surface area contributed by atoms with Crippen LogP contribution in [0.3, 0.4) is 0 Å². The number of β-amino-alcohol motifs (C(OH)–C–C–N with tert-alkyl or cyclic N) is 1. The minimum absolute atomic E-state index is 0.0364. The van der Waals surface area contributed by atoms with Crippen LogP contribution in [0.25, 0.3) is 0 Å². The minimum atomic E-state index is -0.587. The molecule has 1 N–H and O–H groups in total. The van der Waals surface area contributed by atoms with E-state index in [0.717, 1.165) is 11.3 Å². The molecule has 0 aromatic carbocycles. The van der Waals surface area contributed by atoms with Crippen molar-refractivity contribution in [1.29, 1.82) is 0 Å². The second-order valence-electron chi connectivity index (χ2n) is 6.35. The molecule has 1 aliphatic rings. The Morgan fingerprint density at radius 1 is 1.25 bits per heavy atom. The van der Waals surface area contributed by atoms with Gasteiger partial charge in [-0.1, -0.05) is 0 Å². The van der Waals surface area contributed by atoms with Gasteiger partial charge < -0.3 is 14.6 Å². The van der Waals surface area contributed by atoms with Crippen molar-refractivity contribution in [3.05, 3.63) is 63.8 Å². The van der Waals surface area contributed by atoms with Gasteiger partial charge in [0.05, 0.1) is 6.10 Å². The standard InChI is InChI=1S/C18H21N3O3/c1-12-3-4-15(17(23)20(12)2)18(24)21-10-14(16(22)11-21)9-13-5-7-19-8-6-13/h3-8,14,16,22H,9-11H2,1-2H3/t14-,16+/m1/s1. The van der Waals surface area contributed by atoms with Crippen molar-refractivity contribution in [2.75, 3.05) is 13.1 Å². The van der Waals surface area contributed by atoms with Crippen LogP contribution < -0.4 is 5.56 Å². The Bertz CT molecular complexity index is 801. The normalized spacial score (nSPS) is 20.4. The van der Waals surface area contributed by atoms with E-state index in [1.165, 1.54) is 4.57 Å². The molecule has 0 spiro atoms. The number of aryl methyl sites for hydroxylation is 1. The number of hydrogen-bond donors (Lipinski definition) is 1. The van der Waals surface area contributed by atoms with Crippen LogP contribution in [0.4, 0.5) is 0 Å². The first-order valence-corrected chi connectivity index (χ1v) is 8.00. The molecule has 0 unspecified atom stereocenters. The van der Waals surface area contributed by atoms with E-state index in [9.17, 15) is 14.7 Å². The fourth-order valence-electron chi connectivity index (χ4n) is 3.10. The Labute approximate surface area is 140 Å². The van der Waals surface area contributed by atoms with Gasteiger partial charge in [0.25, 0.3) is 11.5 Å². The number of carbonyl (C=O) groups excluding carboxylic acids is 1. The summed E-state index contributed by atoms with van der Waals surface area (Å²) in [4.78, 5) is 30.5. The number of hydrogen-bond acceptors (Lipinski definition) is 4. The molecular weight excluding hydrogens is 306 g/mol. The van der Waals surface area contributed by atoms with E-state index in [1.54, 1.807) is 36.5 Å². The van der Waals surface area contributed by atoms with Crippen LogP contribution in [0.2, 0.25) is 0 Å². The molecule has 6 nitrogen and oxygen atoms in total. The third-order valence-electron chi connectivity index (χ3n) is 4.73. The first-order valence-electron chi connectivity index (χ1n) is 8.00. The maximum Gasteiger partial charge on any atom is 0.263 e. The number of nitrogens with zero attached hydrogens (tertiary/aromatic N) is 3. The molecular formula is C18H21N3O3. The summed E-state index contributed by atoms with van der Waals surface area (Å²) in [5.41, 5.74) is 1.73. The summed E-state index contributed by atoms with van der Waals surface area (Å²) < 4.78 is 1.47. The van der Waals surface area contributed by atoms with Crippen LogP contribution >= 0.6 is 0 Å². The fourth-order valence-corrected chi connectivity index (χ4v) is 3.10. The first-order chi connectivity index (χ1) is 11.5. The maximum atomic E-state index is 12.7. The summed E-state index contributed by atoms with van der Waals surface area (Å²) in [7, 11) is 1.65. The number of likely N-dealkylation sites (tertiary alicyclic amines) is 1. The zero-order valence-corrected chi connectivity index (χ0v) is 13.8. The smallest absolute Gasteiger partial charge is 0.263 e. The lowest BCUT2D eigenvalue weighted by atomic mass is 9.97. The van der Waals surface area contributed by atoms with Crippen LogP contribution in [0.5, 0.6) is 0 Å². The second kappa shape index (κ2) is 6.57. The van der Waals surface area contributed by atoms with Gasteiger partial charge in [-0.25, -0.2) is 0 Å². The molecule has 24 heavy (non-hydrogen) atoms. The molecule has 0 bridgehead atoms. The molecule has 1 amide bonds. The number of aromatic nitrogens is 2. The Morgan fingerprint density at radius 2 is 1.96 bits per heavy atom. The highest BCUT2D eigenvalue weighted by Gasteiger charge is 2.35. The molecule has 1 fully saturated rings. The van der Waals surface area contributed by atoms with Gasteiger partial charge in [-0.15, -0.1) is 0 Å². The van der Waals surface area contributed by atoms with Gasteiger partial charge in [0.1, 0.15) is 5.56 Å². The van der Waals surface area contributed by atoms with Gasteiger partial charge >= 0.3 is 0 Å². The fraction of sp³-hybridized carbons (Fsp3) is 0.389. The summed E-state index contributed by atoms with van der Waals surface area (Å²) >= 11 is 0. The van der Waals surface area contributed by atoms with E-state index in [0.29, 0.717) is 13.0 Å². The van der Waals surface area contributed by atoms with Gasteiger partial charge in [0.15, 0.2) is 0 Å². The minimum Gasteiger partial charge on any atom is -0.391 e. The van der Waals surface area contributed by atoms with Crippen LogP contribution in [0.15, 0.2) is 41.5 Å². The molecule has 3 rings (SSSR count). The molecule has 1 aliphatic heterocycles. The van der Waals surface area contributed by atoms with Crippen molar-refractivity contribution >= 4 is 5.91 Å². The van der Waals surface area contributed by atoms with E-state index < -0.39 is 6.10 Å². The van der Waals surface area contributed by atoms with E-state index in [1.807, 2.05) is 19.1 Å². The van der Waals surface area contributed by atoms with Crippen LogP contribution in [-0.4, -0.2) is 44.7 Å². The Hall–Kier alpha value is -2.47. The molecule has 2 aromatic heterocycles. The monoisotopic (exact) mass is 327 g/mol. The SMILES string of the molecule is Cc1ccc(C(=O)N2C[C@@H](Cc3ccncc3)[C@@H](O)C2)c(=O)n1C.